The number of nitrogens with zero attached hydrogens (tertiary/aromatic N) is 1. The van der Waals surface area contributed by atoms with Crippen molar-refractivity contribution >= 4 is 57.4 Å². The van der Waals surface area contributed by atoms with Crippen LogP contribution in [0, 0.1) is 0 Å². The van der Waals surface area contributed by atoms with Crippen LogP contribution < -0.4 is 4.72 Å². The van der Waals surface area contributed by atoms with Gasteiger partial charge >= 0.3 is 5.97 Å². The Morgan fingerprint density at radius 3 is 2.79 bits per heavy atom. The number of hydrogen-bond donors (Lipinski definition) is 3. The molecule has 28 heavy (non-hydrogen) atoms. The lowest BCUT2D eigenvalue weighted by atomic mass is 10.1. The van der Waals surface area contributed by atoms with Gasteiger partial charge in [0.1, 0.15) is 15.6 Å². The van der Waals surface area contributed by atoms with Crippen molar-refractivity contribution in [2.24, 2.45) is 0 Å². The van der Waals surface area contributed by atoms with Gasteiger partial charge in [-0.2, -0.15) is 0 Å². The second-order valence-electron chi connectivity index (χ2n) is 5.90. The number of benzene rings is 2. The van der Waals surface area contributed by atoms with Crippen molar-refractivity contribution < 1.29 is 15.0 Å². The number of phenols is 1. The van der Waals surface area contributed by atoms with E-state index < -0.39 is 5.97 Å². The lowest BCUT2D eigenvalue weighted by Gasteiger charge is -2.06. The standard InChI is InChI=1S/C20H13ClN2O3S2/c21-19-15(11-3-6-16-12(8-11)2-1-7-22-16)10-18(27-19)28-23-13-4-5-14(20(25)26)17(24)9-13/h1-10,23-24H,(H,25,26). The number of carbonyl (C=O) groups is 1. The maximum atomic E-state index is 11.0. The van der Waals surface area contributed by atoms with Gasteiger partial charge in [-0.3, -0.25) is 4.98 Å². The summed E-state index contributed by atoms with van der Waals surface area (Å²) in [5, 5.41) is 19.8. The number of aromatic hydroxyl groups is 1. The smallest absolute Gasteiger partial charge is 0.339 e. The van der Waals surface area contributed by atoms with E-state index in [-0.39, 0.29) is 11.3 Å². The van der Waals surface area contributed by atoms with E-state index in [1.165, 1.54) is 35.4 Å². The quantitative estimate of drug-likeness (QED) is 0.331. The Labute approximate surface area is 173 Å². The number of aromatic nitrogens is 1. The number of carboxylic acid groups (broad SMARTS) is 1. The molecule has 0 aliphatic carbocycles. The van der Waals surface area contributed by atoms with Crippen LogP contribution in [0.15, 0.2) is 65.0 Å². The van der Waals surface area contributed by atoms with Crippen molar-refractivity contribution in [1.82, 2.24) is 4.98 Å². The van der Waals surface area contributed by atoms with Crippen molar-refractivity contribution in [3.63, 3.8) is 0 Å². The number of halogens is 1. The van der Waals surface area contributed by atoms with Crippen molar-refractivity contribution in [1.29, 1.82) is 0 Å². The molecule has 140 valence electrons. The van der Waals surface area contributed by atoms with E-state index >= 15 is 0 Å². The summed E-state index contributed by atoms with van der Waals surface area (Å²) in [5.74, 6) is -1.45. The molecular weight excluding hydrogens is 416 g/mol. The fourth-order valence-electron chi connectivity index (χ4n) is 2.72. The summed E-state index contributed by atoms with van der Waals surface area (Å²) in [6.45, 7) is 0. The molecule has 4 rings (SSSR count). The number of aromatic carboxylic acids is 1. The number of nitrogens with one attached hydrogen (secondary N) is 1. The maximum Gasteiger partial charge on any atom is 0.339 e. The Hall–Kier alpha value is -2.74. The molecule has 3 N–H and O–H groups in total. The summed E-state index contributed by atoms with van der Waals surface area (Å²) in [4.78, 5) is 15.3. The molecule has 4 aromatic rings. The van der Waals surface area contributed by atoms with Gasteiger partial charge in [0.05, 0.1) is 9.73 Å². The van der Waals surface area contributed by atoms with Crippen LogP contribution in [0.3, 0.4) is 0 Å². The molecule has 5 nitrogen and oxygen atoms in total. The average molecular weight is 429 g/mol. The fourth-order valence-corrected chi connectivity index (χ4v) is 4.98. The van der Waals surface area contributed by atoms with Crippen LogP contribution in [0.4, 0.5) is 5.69 Å². The van der Waals surface area contributed by atoms with Gasteiger partial charge in [0.15, 0.2) is 0 Å². The first-order valence-corrected chi connectivity index (χ1v) is 10.2. The highest BCUT2D eigenvalue weighted by atomic mass is 35.5. The Morgan fingerprint density at radius 2 is 2.00 bits per heavy atom. The Kier molecular flexibility index (Phi) is 5.13. The molecule has 2 heterocycles. The van der Waals surface area contributed by atoms with Crippen LogP contribution in [0.5, 0.6) is 5.75 Å². The molecule has 2 aromatic heterocycles. The van der Waals surface area contributed by atoms with E-state index in [9.17, 15) is 9.90 Å². The summed E-state index contributed by atoms with van der Waals surface area (Å²) in [6.07, 6.45) is 1.76. The average Bonchev–Trinajstić information content (AvgIpc) is 3.06. The number of hydrogen-bond acceptors (Lipinski definition) is 6. The third kappa shape index (κ3) is 3.77. The number of thiophene rings is 1. The molecule has 0 unspecified atom stereocenters. The van der Waals surface area contributed by atoms with Crippen LogP contribution in [0.1, 0.15) is 10.4 Å². The van der Waals surface area contributed by atoms with E-state index in [0.717, 1.165) is 26.2 Å². The largest absolute Gasteiger partial charge is 0.507 e. The van der Waals surface area contributed by atoms with Crippen LogP contribution in [-0.4, -0.2) is 21.2 Å². The molecule has 8 heteroatoms. The van der Waals surface area contributed by atoms with Crippen LogP contribution in [-0.2, 0) is 0 Å². The Morgan fingerprint density at radius 1 is 1.14 bits per heavy atom. The number of fused-ring (bicyclic) bond motifs is 1. The second kappa shape index (κ2) is 7.71. The summed E-state index contributed by atoms with van der Waals surface area (Å²) < 4.78 is 4.71. The highest BCUT2D eigenvalue weighted by Gasteiger charge is 2.12. The minimum absolute atomic E-state index is 0.136. The van der Waals surface area contributed by atoms with Gasteiger partial charge in [-0.15, -0.1) is 11.3 Å². The van der Waals surface area contributed by atoms with Crippen LogP contribution >= 0.6 is 34.9 Å². The zero-order chi connectivity index (χ0) is 19.7. The van der Waals surface area contributed by atoms with E-state index in [2.05, 4.69) is 15.8 Å². The van der Waals surface area contributed by atoms with Crippen molar-refractivity contribution in [2.75, 3.05) is 4.72 Å². The minimum Gasteiger partial charge on any atom is -0.507 e. The first-order chi connectivity index (χ1) is 13.5. The second-order valence-corrected chi connectivity index (χ2v) is 8.67. The van der Waals surface area contributed by atoms with Crippen molar-refractivity contribution in [2.45, 2.75) is 4.21 Å². The highest BCUT2D eigenvalue weighted by molar-refractivity contribution is 8.02. The highest BCUT2D eigenvalue weighted by Crippen LogP contribution is 2.41. The van der Waals surface area contributed by atoms with Gasteiger partial charge in [-0.25, -0.2) is 4.79 Å². The van der Waals surface area contributed by atoms with E-state index in [4.69, 9.17) is 16.7 Å². The molecule has 0 bridgehead atoms. The summed E-state index contributed by atoms with van der Waals surface area (Å²) in [6, 6.07) is 16.3. The molecule has 0 atom stereocenters. The molecule has 0 amide bonds. The van der Waals surface area contributed by atoms with Gasteiger partial charge in [-0.1, -0.05) is 23.7 Å². The molecule has 2 aromatic carbocycles. The van der Waals surface area contributed by atoms with Gasteiger partial charge in [0.2, 0.25) is 0 Å². The number of carboxylic acids is 1. The van der Waals surface area contributed by atoms with E-state index in [0.29, 0.717) is 10.0 Å². The first-order valence-electron chi connectivity index (χ1n) is 8.15. The zero-order valence-electron chi connectivity index (χ0n) is 14.2. The molecule has 0 saturated heterocycles. The minimum atomic E-state index is -1.17. The monoisotopic (exact) mass is 428 g/mol. The predicted octanol–water partition coefficient (Wildman–Crippen LogP) is 6.14. The van der Waals surface area contributed by atoms with Crippen LogP contribution in [0.2, 0.25) is 4.34 Å². The van der Waals surface area contributed by atoms with Crippen LogP contribution in [0.25, 0.3) is 22.0 Å². The molecule has 0 spiro atoms. The lowest BCUT2D eigenvalue weighted by molar-refractivity contribution is 0.0694. The first kappa shape index (κ1) is 18.6. The summed E-state index contributed by atoms with van der Waals surface area (Å²) >= 11 is 9.23. The molecule has 0 aliphatic heterocycles. The van der Waals surface area contributed by atoms with Crippen molar-refractivity contribution in [3.8, 4) is 16.9 Å². The molecule has 0 fully saturated rings. The van der Waals surface area contributed by atoms with Gasteiger partial charge in [0, 0.05) is 28.9 Å². The maximum absolute atomic E-state index is 11.0. The molecular formula is C20H13ClN2O3S2. The van der Waals surface area contributed by atoms with Gasteiger partial charge < -0.3 is 14.9 Å². The van der Waals surface area contributed by atoms with Crippen molar-refractivity contribution in [3.05, 3.63) is 70.7 Å². The predicted molar refractivity (Wildman–Crippen MR) is 115 cm³/mol. The van der Waals surface area contributed by atoms with E-state index in [1.54, 1.807) is 12.3 Å². The van der Waals surface area contributed by atoms with Gasteiger partial charge in [-0.05, 0) is 53.9 Å². The fraction of sp³-hybridized carbons (Fsp3) is 0. The molecule has 0 saturated carbocycles. The Bertz CT molecular complexity index is 1190. The zero-order valence-corrected chi connectivity index (χ0v) is 16.6. The van der Waals surface area contributed by atoms with E-state index in [1.807, 2.05) is 30.3 Å². The normalized spacial score (nSPS) is 10.9. The SMILES string of the molecule is O=C(O)c1ccc(NSc2cc(-c3ccc4ncccc4c3)c(Cl)s2)cc1O. The van der Waals surface area contributed by atoms with Gasteiger partial charge in [0.25, 0.3) is 0 Å². The summed E-state index contributed by atoms with van der Waals surface area (Å²) in [5.41, 5.74) is 3.33. The number of anilines is 1. The molecule has 0 radical (unpaired) electrons. The topological polar surface area (TPSA) is 82.5 Å². The third-order valence-electron chi connectivity index (χ3n) is 4.08. The third-order valence-corrected chi connectivity index (χ3v) is 6.39. The Balaban J connectivity index is 1.54. The number of pyridine rings is 1. The lowest BCUT2D eigenvalue weighted by Crippen LogP contribution is -1.97. The molecule has 0 aliphatic rings. The number of rotatable bonds is 5. The summed E-state index contributed by atoms with van der Waals surface area (Å²) in [7, 11) is 0.